The lowest BCUT2D eigenvalue weighted by molar-refractivity contribution is -0.317. The van der Waals surface area contributed by atoms with Crippen LogP contribution in [0.25, 0.3) is 0 Å². The van der Waals surface area contributed by atoms with Crippen molar-refractivity contribution >= 4 is 0 Å². The molecule has 2 bridgehead atoms. The molecule has 4 rings (SSSR count). The summed E-state index contributed by atoms with van der Waals surface area (Å²) in [6, 6.07) is 18.9. The van der Waals surface area contributed by atoms with Crippen LogP contribution in [0.15, 0.2) is 60.7 Å². The summed E-state index contributed by atoms with van der Waals surface area (Å²) in [6.45, 7) is 0.133. The van der Waals surface area contributed by atoms with Crippen molar-refractivity contribution in [1.82, 2.24) is 0 Å². The highest BCUT2D eigenvalue weighted by atomic mass is 16.7. The lowest BCUT2D eigenvalue weighted by Crippen LogP contribution is -2.54. The van der Waals surface area contributed by atoms with Crippen LogP contribution in [0.2, 0.25) is 0 Å². The van der Waals surface area contributed by atoms with Gasteiger partial charge in [0, 0.05) is 11.1 Å². The van der Waals surface area contributed by atoms with Crippen molar-refractivity contribution in [3.63, 3.8) is 0 Å². The SMILES string of the molecule is O[C@@H]1[C@@H](O)[C@H]2COC(c3ccccc3)O[C@H]1COC(c1ccccc1)O2. The predicted octanol–water partition coefficient (Wildman–Crippen LogP) is 1.94. The number of fused-ring (bicyclic) bond motifs is 3. The minimum atomic E-state index is -1.13. The van der Waals surface area contributed by atoms with Crippen LogP contribution in [0.1, 0.15) is 23.7 Å². The van der Waals surface area contributed by atoms with Crippen LogP contribution < -0.4 is 0 Å². The molecule has 2 N–H and O–H groups in total. The third kappa shape index (κ3) is 3.66. The molecule has 0 saturated carbocycles. The smallest absolute Gasteiger partial charge is 0.184 e. The van der Waals surface area contributed by atoms with Gasteiger partial charge in [0.05, 0.1) is 13.2 Å². The number of aliphatic hydroxyl groups is 2. The Kier molecular flexibility index (Phi) is 5.31. The summed E-state index contributed by atoms with van der Waals surface area (Å²) >= 11 is 0. The first-order chi connectivity index (χ1) is 12.7. The molecule has 0 aliphatic carbocycles. The molecule has 6 atom stereocenters. The molecule has 2 heterocycles. The lowest BCUT2D eigenvalue weighted by Gasteiger charge is -2.41. The summed E-state index contributed by atoms with van der Waals surface area (Å²) < 4.78 is 23.6. The van der Waals surface area contributed by atoms with Crippen LogP contribution >= 0.6 is 0 Å². The highest BCUT2D eigenvalue weighted by molar-refractivity contribution is 5.17. The molecule has 2 saturated heterocycles. The van der Waals surface area contributed by atoms with E-state index in [1.165, 1.54) is 0 Å². The van der Waals surface area contributed by atoms with E-state index in [0.29, 0.717) is 0 Å². The van der Waals surface area contributed by atoms with E-state index >= 15 is 0 Å². The van der Waals surface area contributed by atoms with Gasteiger partial charge in [-0.05, 0) is 0 Å². The van der Waals surface area contributed by atoms with E-state index in [1.807, 2.05) is 60.7 Å². The minimum Gasteiger partial charge on any atom is -0.387 e. The average Bonchev–Trinajstić information content (AvgIpc) is 2.70. The van der Waals surface area contributed by atoms with Gasteiger partial charge in [0.25, 0.3) is 0 Å². The number of rotatable bonds is 2. The summed E-state index contributed by atoms with van der Waals surface area (Å²) in [5.41, 5.74) is 1.67. The van der Waals surface area contributed by atoms with E-state index < -0.39 is 37.0 Å². The first-order valence-electron chi connectivity index (χ1n) is 8.72. The molecule has 0 aromatic heterocycles. The first kappa shape index (κ1) is 17.6. The van der Waals surface area contributed by atoms with Gasteiger partial charge in [0.1, 0.15) is 24.4 Å². The van der Waals surface area contributed by atoms with E-state index in [9.17, 15) is 10.2 Å². The van der Waals surface area contributed by atoms with E-state index in [1.54, 1.807) is 0 Å². The van der Waals surface area contributed by atoms with Gasteiger partial charge < -0.3 is 29.2 Å². The van der Waals surface area contributed by atoms with Gasteiger partial charge in [-0.1, -0.05) is 60.7 Å². The van der Waals surface area contributed by atoms with Crippen molar-refractivity contribution in [3.8, 4) is 0 Å². The monoisotopic (exact) mass is 358 g/mol. The Hall–Kier alpha value is -1.80. The van der Waals surface area contributed by atoms with E-state index in [-0.39, 0.29) is 13.2 Å². The second-order valence-electron chi connectivity index (χ2n) is 6.48. The quantitative estimate of drug-likeness (QED) is 0.854. The van der Waals surface area contributed by atoms with Crippen LogP contribution in [-0.4, -0.2) is 47.8 Å². The molecule has 6 nitrogen and oxygen atoms in total. The molecule has 2 aliphatic heterocycles. The molecule has 0 amide bonds. The Bertz CT molecular complexity index is 632. The summed E-state index contributed by atoms with van der Waals surface area (Å²) in [5, 5.41) is 21.0. The minimum absolute atomic E-state index is 0.0667. The molecular formula is C20H22O6. The van der Waals surface area contributed by atoms with Crippen molar-refractivity contribution in [3.05, 3.63) is 71.8 Å². The zero-order valence-corrected chi connectivity index (χ0v) is 14.2. The number of hydrogen-bond donors (Lipinski definition) is 2. The van der Waals surface area contributed by atoms with Crippen LogP contribution in [0.4, 0.5) is 0 Å². The maximum Gasteiger partial charge on any atom is 0.184 e. The normalized spacial score (nSPS) is 35.2. The summed E-state index contributed by atoms with van der Waals surface area (Å²) in [4.78, 5) is 0. The Morgan fingerprint density at radius 3 is 1.38 bits per heavy atom. The molecule has 2 aliphatic rings. The molecule has 2 unspecified atom stereocenters. The third-order valence-electron chi connectivity index (χ3n) is 4.68. The second kappa shape index (κ2) is 7.84. The molecule has 138 valence electrons. The Balaban J connectivity index is 1.59. The highest BCUT2D eigenvalue weighted by Crippen LogP contribution is 2.32. The Morgan fingerprint density at radius 2 is 1.00 bits per heavy atom. The topological polar surface area (TPSA) is 77.4 Å². The van der Waals surface area contributed by atoms with E-state index in [0.717, 1.165) is 11.1 Å². The van der Waals surface area contributed by atoms with Gasteiger partial charge in [0.15, 0.2) is 12.6 Å². The highest BCUT2D eigenvalue weighted by Gasteiger charge is 2.42. The maximum atomic E-state index is 10.5. The zero-order valence-electron chi connectivity index (χ0n) is 14.2. The summed E-state index contributed by atoms with van der Waals surface area (Å²) in [5.74, 6) is 0. The largest absolute Gasteiger partial charge is 0.387 e. The molecule has 2 aromatic carbocycles. The molecule has 26 heavy (non-hydrogen) atoms. The van der Waals surface area contributed by atoms with Crippen LogP contribution in [0.3, 0.4) is 0 Å². The Labute approximate surface area is 151 Å². The van der Waals surface area contributed by atoms with Gasteiger partial charge in [-0.3, -0.25) is 0 Å². The zero-order chi connectivity index (χ0) is 17.9. The number of aliphatic hydroxyl groups excluding tert-OH is 2. The standard InChI is InChI=1S/C20H22O6/c21-17-15-12-24-20(14-9-5-2-6-10-14)26-16(18(17)22)11-23-19(25-15)13-7-3-1-4-8-13/h1-10,15-22H,11-12H2/t15-,16+,17-,18-,19?,20?/m0/s1. The fourth-order valence-corrected chi connectivity index (χ4v) is 3.21. The van der Waals surface area contributed by atoms with E-state index in [2.05, 4.69) is 0 Å². The molecule has 2 fully saturated rings. The van der Waals surface area contributed by atoms with Crippen LogP contribution in [-0.2, 0) is 18.9 Å². The molecule has 0 radical (unpaired) electrons. The number of ether oxygens (including phenoxy) is 4. The van der Waals surface area contributed by atoms with Gasteiger partial charge in [0.2, 0.25) is 0 Å². The predicted molar refractivity (Wildman–Crippen MR) is 92.0 cm³/mol. The van der Waals surface area contributed by atoms with Gasteiger partial charge >= 0.3 is 0 Å². The van der Waals surface area contributed by atoms with Crippen molar-refractivity contribution in [2.45, 2.75) is 37.0 Å². The van der Waals surface area contributed by atoms with Crippen molar-refractivity contribution < 1.29 is 29.2 Å². The van der Waals surface area contributed by atoms with Crippen molar-refractivity contribution in [1.29, 1.82) is 0 Å². The Morgan fingerprint density at radius 1 is 0.615 bits per heavy atom. The third-order valence-corrected chi connectivity index (χ3v) is 4.68. The van der Waals surface area contributed by atoms with Crippen molar-refractivity contribution in [2.24, 2.45) is 0 Å². The summed E-state index contributed by atoms with van der Waals surface area (Å²) in [7, 11) is 0. The molecule has 0 spiro atoms. The number of benzene rings is 2. The van der Waals surface area contributed by atoms with Gasteiger partial charge in [-0.25, -0.2) is 0 Å². The van der Waals surface area contributed by atoms with Crippen LogP contribution in [0, 0.1) is 0 Å². The van der Waals surface area contributed by atoms with Crippen LogP contribution in [0.5, 0.6) is 0 Å². The van der Waals surface area contributed by atoms with Crippen molar-refractivity contribution in [2.75, 3.05) is 13.2 Å². The molecule has 6 heteroatoms. The number of hydrogen-bond acceptors (Lipinski definition) is 6. The maximum absolute atomic E-state index is 10.5. The second-order valence-corrected chi connectivity index (χ2v) is 6.48. The molecule has 2 aromatic rings. The average molecular weight is 358 g/mol. The first-order valence-corrected chi connectivity index (χ1v) is 8.72. The fourth-order valence-electron chi connectivity index (χ4n) is 3.21. The lowest BCUT2D eigenvalue weighted by atomic mass is 10.0. The van der Waals surface area contributed by atoms with Gasteiger partial charge in [-0.15, -0.1) is 0 Å². The van der Waals surface area contributed by atoms with Gasteiger partial charge in [-0.2, -0.15) is 0 Å². The summed E-state index contributed by atoms with van der Waals surface area (Å²) in [6.07, 6.45) is -5.07. The molecular weight excluding hydrogens is 336 g/mol. The fraction of sp³-hybridized carbons (Fsp3) is 0.400. The van der Waals surface area contributed by atoms with E-state index in [4.69, 9.17) is 18.9 Å².